The SMILES string of the molecule is C[C@@H](CS(C)(=O)=O)N(C(=O)Cc1cccc(F)c1)C1CC1. The standard InChI is InChI=1S/C15H20FNO3S/c1-11(10-21(2,19)20)17(14-6-7-14)15(18)9-12-4-3-5-13(16)8-12/h3-5,8,11,14H,6-7,9-10H2,1-2H3/t11-/m0/s1. The molecule has 1 fully saturated rings. The molecule has 1 saturated carbocycles. The van der Waals surface area contributed by atoms with Gasteiger partial charge in [-0.2, -0.15) is 0 Å². The van der Waals surface area contributed by atoms with Crippen molar-refractivity contribution in [3.8, 4) is 0 Å². The van der Waals surface area contributed by atoms with Crippen LogP contribution < -0.4 is 0 Å². The second kappa shape index (κ2) is 6.13. The minimum atomic E-state index is -3.14. The molecule has 116 valence electrons. The van der Waals surface area contributed by atoms with Crippen molar-refractivity contribution in [2.45, 2.75) is 38.3 Å². The molecule has 1 aliphatic rings. The Kier molecular flexibility index (Phi) is 4.66. The summed E-state index contributed by atoms with van der Waals surface area (Å²) in [6, 6.07) is 5.71. The smallest absolute Gasteiger partial charge is 0.227 e. The molecule has 0 bridgehead atoms. The molecular formula is C15H20FNO3S. The molecule has 4 nitrogen and oxygen atoms in total. The number of hydrogen-bond donors (Lipinski definition) is 0. The van der Waals surface area contributed by atoms with Crippen LogP contribution in [0.1, 0.15) is 25.3 Å². The zero-order valence-electron chi connectivity index (χ0n) is 12.3. The Balaban J connectivity index is 2.09. The quantitative estimate of drug-likeness (QED) is 0.804. The molecule has 1 atom stereocenters. The van der Waals surface area contributed by atoms with Gasteiger partial charge in [0.15, 0.2) is 0 Å². The Hall–Kier alpha value is -1.43. The highest BCUT2D eigenvalue weighted by atomic mass is 32.2. The van der Waals surface area contributed by atoms with E-state index in [1.807, 2.05) is 0 Å². The molecule has 0 unspecified atom stereocenters. The summed E-state index contributed by atoms with van der Waals surface area (Å²) < 4.78 is 36.0. The average Bonchev–Trinajstić information content (AvgIpc) is 3.10. The minimum Gasteiger partial charge on any atom is -0.336 e. The summed E-state index contributed by atoms with van der Waals surface area (Å²) in [5.41, 5.74) is 0.609. The van der Waals surface area contributed by atoms with E-state index in [0.717, 1.165) is 12.8 Å². The number of sulfone groups is 1. The molecular weight excluding hydrogens is 293 g/mol. The predicted molar refractivity (Wildman–Crippen MR) is 79.1 cm³/mol. The largest absolute Gasteiger partial charge is 0.336 e. The maximum Gasteiger partial charge on any atom is 0.227 e. The lowest BCUT2D eigenvalue weighted by Gasteiger charge is -2.29. The van der Waals surface area contributed by atoms with E-state index in [1.165, 1.54) is 18.4 Å². The number of carbonyl (C=O) groups excluding carboxylic acids is 1. The third kappa shape index (κ3) is 4.81. The summed E-state index contributed by atoms with van der Waals surface area (Å²) in [6.45, 7) is 1.75. The molecule has 1 aromatic carbocycles. The van der Waals surface area contributed by atoms with Crippen LogP contribution in [0, 0.1) is 5.82 Å². The molecule has 0 saturated heterocycles. The van der Waals surface area contributed by atoms with Crippen molar-refractivity contribution in [2.75, 3.05) is 12.0 Å². The fourth-order valence-electron chi connectivity index (χ4n) is 2.59. The Labute approximate surface area is 124 Å². The van der Waals surface area contributed by atoms with Gasteiger partial charge in [-0.25, -0.2) is 12.8 Å². The molecule has 1 aromatic rings. The molecule has 2 rings (SSSR count). The predicted octanol–water partition coefficient (Wildman–Crippen LogP) is 1.79. The van der Waals surface area contributed by atoms with Gasteiger partial charge < -0.3 is 4.90 Å². The first-order valence-corrected chi connectivity index (χ1v) is 9.05. The third-order valence-electron chi connectivity index (χ3n) is 3.49. The van der Waals surface area contributed by atoms with E-state index in [2.05, 4.69) is 0 Å². The normalized spacial score (nSPS) is 16.5. The van der Waals surface area contributed by atoms with Crippen molar-refractivity contribution < 1.29 is 17.6 Å². The van der Waals surface area contributed by atoms with E-state index in [-0.39, 0.29) is 36.0 Å². The highest BCUT2D eigenvalue weighted by Crippen LogP contribution is 2.29. The van der Waals surface area contributed by atoms with Crippen molar-refractivity contribution in [3.63, 3.8) is 0 Å². The van der Waals surface area contributed by atoms with E-state index in [4.69, 9.17) is 0 Å². The van der Waals surface area contributed by atoms with Gasteiger partial charge in [-0.3, -0.25) is 4.79 Å². The Bertz CT molecular complexity index is 626. The Morgan fingerprint density at radius 3 is 2.62 bits per heavy atom. The van der Waals surface area contributed by atoms with E-state index < -0.39 is 9.84 Å². The van der Waals surface area contributed by atoms with Gasteiger partial charge in [0, 0.05) is 18.3 Å². The van der Waals surface area contributed by atoms with Crippen LogP contribution >= 0.6 is 0 Å². The van der Waals surface area contributed by atoms with Crippen LogP contribution in [0.25, 0.3) is 0 Å². The molecule has 0 radical (unpaired) electrons. The van der Waals surface area contributed by atoms with Crippen molar-refractivity contribution in [1.29, 1.82) is 0 Å². The number of nitrogens with zero attached hydrogens (tertiary/aromatic N) is 1. The Morgan fingerprint density at radius 1 is 1.43 bits per heavy atom. The molecule has 0 spiro atoms. The first kappa shape index (κ1) is 15.9. The van der Waals surface area contributed by atoms with Crippen LogP contribution in [0.2, 0.25) is 0 Å². The molecule has 0 aliphatic heterocycles. The fourth-order valence-corrected chi connectivity index (χ4v) is 3.63. The summed E-state index contributed by atoms with van der Waals surface area (Å²) >= 11 is 0. The molecule has 0 N–H and O–H groups in total. The number of benzene rings is 1. The molecule has 21 heavy (non-hydrogen) atoms. The lowest BCUT2D eigenvalue weighted by Crippen LogP contribution is -2.44. The van der Waals surface area contributed by atoms with Gasteiger partial charge in [-0.05, 0) is 37.5 Å². The number of carbonyl (C=O) groups is 1. The zero-order chi connectivity index (χ0) is 15.6. The number of hydrogen-bond acceptors (Lipinski definition) is 3. The Morgan fingerprint density at radius 2 is 2.10 bits per heavy atom. The lowest BCUT2D eigenvalue weighted by molar-refractivity contribution is -0.132. The van der Waals surface area contributed by atoms with E-state index in [1.54, 1.807) is 24.0 Å². The average molecular weight is 313 g/mol. The van der Waals surface area contributed by atoms with Crippen molar-refractivity contribution in [3.05, 3.63) is 35.6 Å². The molecule has 6 heteroatoms. The van der Waals surface area contributed by atoms with Gasteiger partial charge in [0.1, 0.15) is 15.7 Å². The summed E-state index contributed by atoms with van der Waals surface area (Å²) in [5.74, 6) is -0.556. The topological polar surface area (TPSA) is 54.5 Å². The molecule has 1 amide bonds. The molecule has 1 aliphatic carbocycles. The van der Waals surface area contributed by atoms with Crippen LogP contribution in [0.5, 0.6) is 0 Å². The monoisotopic (exact) mass is 313 g/mol. The van der Waals surface area contributed by atoms with Crippen LogP contribution in [0.3, 0.4) is 0 Å². The third-order valence-corrected chi connectivity index (χ3v) is 4.58. The maximum atomic E-state index is 13.2. The van der Waals surface area contributed by atoms with E-state index >= 15 is 0 Å². The van der Waals surface area contributed by atoms with Crippen molar-refractivity contribution in [2.24, 2.45) is 0 Å². The number of amides is 1. The van der Waals surface area contributed by atoms with Gasteiger partial charge in [0.25, 0.3) is 0 Å². The highest BCUT2D eigenvalue weighted by Gasteiger charge is 2.36. The van der Waals surface area contributed by atoms with Crippen LogP contribution in [0.4, 0.5) is 4.39 Å². The first-order valence-electron chi connectivity index (χ1n) is 6.99. The van der Waals surface area contributed by atoms with Gasteiger partial charge in [0.2, 0.25) is 5.91 Å². The summed E-state index contributed by atoms with van der Waals surface area (Å²) in [5, 5.41) is 0. The second-order valence-corrected chi connectivity index (χ2v) is 7.97. The first-order chi connectivity index (χ1) is 9.76. The van der Waals surface area contributed by atoms with Crippen LogP contribution in [-0.4, -0.2) is 43.3 Å². The van der Waals surface area contributed by atoms with Gasteiger partial charge in [-0.15, -0.1) is 0 Å². The van der Waals surface area contributed by atoms with Gasteiger partial charge in [-0.1, -0.05) is 12.1 Å². The lowest BCUT2D eigenvalue weighted by atomic mass is 10.1. The summed E-state index contributed by atoms with van der Waals surface area (Å²) in [7, 11) is -3.14. The fraction of sp³-hybridized carbons (Fsp3) is 0.533. The summed E-state index contributed by atoms with van der Waals surface area (Å²) in [4.78, 5) is 14.1. The van der Waals surface area contributed by atoms with Crippen molar-refractivity contribution in [1.82, 2.24) is 4.90 Å². The second-order valence-electron chi connectivity index (χ2n) is 5.78. The molecule has 0 heterocycles. The van der Waals surface area contributed by atoms with Gasteiger partial charge >= 0.3 is 0 Å². The van der Waals surface area contributed by atoms with Gasteiger partial charge in [0.05, 0.1) is 12.2 Å². The van der Waals surface area contributed by atoms with E-state index in [0.29, 0.717) is 5.56 Å². The number of halogens is 1. The zero-order valence-corrected chi connectivity index (χ0v) is 13.1. The number of rotatable bonds is 6. The maximum absolute atomic E-state index is 13.2. The summed E-state index contributed by atoms with van der Waals surface area (Å²) in [6.07, 6.45) is 3.08. The van der Waals surface area contributed by atoms with Crippen LogP contribution in [-0.2, 0) is 21.1 Å². The van der Waals surface area contributed by atoms with Crippen molar-refractivity contribution >= 4 is 15.7 Å². The highest BCUT2D eigenvalue weighted by molar-refractivity contribution is 7.90. The van der Waals surface area contributed by atoms with Crippen LogP contribution in [0.15, 0.2) is 24.3 Å². The minimum absolute atomic E-state index is 0.0433. The van der Waals surface area contributed by atoms with E-state index in [9.17, 15) is 17.6 Å². The molecule has 0 aromatic heterocycles.